The minimum absolute atomic E-state index is 0.309. The first-order valence-corrected chi connectivity index (χ1v) is 4.87. The molecular formula is C10H5ClFN3O. The second kappa shape index (κ2) is 3.31. The minimum Gasteiger partial charge on any atom is -0.435 e. The van der Waals surface area contributed by atoms with Crippen LogP contribution in [-0.4, -0.2) is 15.2 Å². The Morgan fingerprint density at radius 3 is 2.94 bits per heavy atom. The maximum Gasteiger partial charge on any atom is 0.248 e. The molecule has 3 aromatic rings. The topological polar surface area (TPSA) is 54.7 Å². The summed E-state index contributed by atoms with van der Waals surface area (Å²) in [4.78, 5) is 4.16. The van der Waals surface area contributed by atoms with E-state index in [1.165, 1.54) is 12.1 Å². The molecule has 0 unspecified atom stereocenters. The number of hydrogen-bond acceptors (Lipinski definition) is 3. The molecule has 1 aromatic carbocycles. The molecule has 0 radical (unpaired) electrons. The van der Waals surface area contributed by atoms with Crippen molar-refractivity contribution in [2.75, 3.05) is 0 Å². The molecule has 0 aliphatic carbocycles. The van der Waals surface area contributed by atoms with Crippen molar-refractivity contribution >= 4 is 22.7 Å². The van der Waals surface area contributed by atoms with Crippen LogP contribution in [0.25, 0.3) is 22.7 Å². The molecule has 3 rings (SSSR count). The molecule has 1 N–H and O–H groups in total. The van der Waals surface area contributed by atoms with Gasteiger partial charge in [-0.15, -0.1) is 0 Å². The Bertz CT molecular complexity index is 661. The van der Waals surface area contributed by atoms with E-state index in [9.17, 15) is 4.39 Å². The highest BCUT2D eigenvalue weighted by Crippen LogP contribution is 2.24. The van der Waals surface area contributed by atoms with Crippen LogP contribution in [0.15, 0.2) is 28.7 Å². The van der Waals surface area contributed by atoms with Crippen molar-refractivity contribution in [2.45, 2.75) is 0 Å². The standard InChI is InChI=1S/C10H5ClFN3O/c11-9-4-7(14-15-9)10-13-6-2-1-5(12)3-8(6)16-10/h1-4H,(H,14,15). The maximum atomic E-state index is 12.9. The highest BCUT2D eigenvalue weighted by atomic mass is 35.5. The lowest BCUT2D eigenvalue weighted by molar-refractivity contribution is 0.600. The van der Waals surface area contributed by atoms with E-state index in [1.54, 1.807) is 12.1 Å². The van der Waals surface area contributed by atoms with Crippen molar-refractivity contribution in [2.24, 2.45) is 0 Å². The fraction of sp³-hybridized carbons (Fsp3) is 0. The number of oxazole rings is 1. The van der Waals surface area contributed by atoms with Gasteiger partial charge in [-0.25, -0.2) is 9.37 Å². The summed E-state index contributed by atoms with van der Waals surface area (Å²) in [5.41, 5.74) is 1.45. The van der Waals surface area contributed by atoms with Crippen LogP contribution in [0.4, 0.5) is 4.39 Å². The molecule has 16 heavy (non-hydrogen) atoms. The quantitative estimate of drug-likeness (QED) is 0.708. The van der Waals surface area contributed by atoms with E-state index >= 15 is 0 Å². The van der Waals surface area contributed by atoms with Gasteiger partial charge in [0.05, 0.1) is 0 Å². The lowest BCUT2D eigenvalue weighted by Crippen LogP contribution is -1.76. The first kappa shape index (κ1) is 9.35. The molecule has 2 aromatic heterocycles. The summed E-state index contributed by atoms with van der Waals surface area (Å²) in [6, 6.07) is 5.74. The lowest BCUT2D eigenvalue weighted by atomic mass is 10.3. The van der Waals surface area contributed by atoms with Gasteiger partial charge in [0.25, 0.3) is 0 Å². The van der Waals surface area contributed by atoms with Gasteiger partial charge in [-0.05, 0) is 12.1 Å². The minimum atomic E-state index is -0.365. The molecule has 0 fully saturated rings. The van der Waals surface area contributed by atoms with Gasteiger partial charge in [0.2, 0.25) is 5.89 Å². The largest absolute Gasteiger partial charge is 0.435 e. The Kier molecular flexibility index (Phi) is 1.94. The summed E-state index contributed by atoms with van der Waals surface area (Å²) in [5.74, 6) is -0.0565. The van der Waals surface area contributed by atoms with E-state index in [0.29, 0.717) is 27.8 Å². The number of benzene rings is 1. The average Bonchev–Trinajstić information content (AvgIpc) is 2.83. The van der Waals surface area contributed by atoms with Gasteiger partial charge in [-0.1, -0.05) is 11.6 Å². The number of fused-ring (bicyclic) bond motifs is 1. The summed E-state index contributed by atoms with van der Waals surface area (Å²) in [6.07, 6.45) is 0. The number of nitrogens with one attached hydrogen (secondary N) is 1. The fourth-order valence-corrected chi connectivity index (χ4v) is 1.56. The molecule has 0 aliphatic heterocycles. The van der Waals surface area contributed by atoms with Gasteiger partial charge in [-0.2, -0.15) is 5.10 Å². The second-order valence-corrected chi connectivity index (χ2v) is 3.64. The van der Waals surface area contributed by atoms with E-state index in [2.05, 4.69) is 15.2 Å². The van der Waals surface area contributed by atoms with Gasteiger partial charge >= 0.3 is 0 Å². The number of nitrogens with zero attached hydrogens (tertiary/aromatic N) is 2. The molecule has 6 heteroatoms. The maximum absolute atomic E-state index is 12.9. The van der Waals surface area contributed by atoms with Crippen molar-refractivity contribution in [1.29, 1.82) is 0 Å². The summed E-state index contributed by atoms with van der Waals surface area (Å²) < 4.78 is 18.3. The molecule has 0 saturated carbocycles. The average molecular weight is 238 g/mol. The fourth-order valence-electron chi connectivity index (χ4n) is 1.42. The first-order chi connectivity index (χ1) is 7.72. The van der Waals surface area contributed by atoms with Crippen molar-refractivity contribution in [3.63, 3.8) is 0 Å². The highest BCUT2D eigenvalue weighted by molar-refractivity contribution is 6.29. The second-order valence-electron chi connectivity index (χ2n) is 3.23. The molecular weight excluding hydrogens is 233 g/mol. The number of H-pyrrole nitrogens is 1. The predicted octanol–water partition coefficient (Wildman–Crippen LogP) is 3.01. The van der Waals surface area contributed by atoms with E-state index < -0.39 is 0 Å². The third kappa shape index (κ3) is 1.45. The molecule has 80 valence electrons. The molecule has 0 spiro atoms. The molecule has 0 saturated heterocycles. The van der Waals surface area contributed by atoms with E-state index in [1.807, 2.05) is 0 Å². The van der Waals surface area contributed by atoms with Gasteiger partial charge < -0.3 is 4.42 Å². The summed E-state index contributed by atoms with van der Waals surface area (Å²) >= 11 is 5.69. The normalized spacial score (nSPS) is 11.1. The molecule has 0 amide bonds. The third-order valence-electron chi connectivity index (χ3n) is 2.12. The van der Waals surface area contributed by atoms with Gasteiger partial charge in [0.1, 0.15) is 22.2 Å². The van der Waals surface area contributed by atoms with Crippen molar-refractivity contribution in [3.8, 4) is 11.6 Å². The lowest BCUT2D eigenvalue weighted by Gasteiger charge is -1.85. The van der Waals surface area contributed by atoms with Crippen LogP contribution in [0, 0.1) is 5.82 Å². The molecule has 0 aliphatic rings. The summed E-state index contributed by atoms with van der Waals surface area (Å²) in [6.45, 7) is 0. The third-order valence-corrected chi connectivity index (χ3v) is 2.31. The molecule has 2 heterocycles. The van der Waals surface area contributed by atoms with Crippen LogP contribution >= 0.6 is 11.6 Å². The zero-order valence-electron chi connectivity index (χ0n) is 7.87. The Morgan fingerprint density at radius 1 is 1.31 bits per heavy atom. The van der Waals surface area contributed by atoms with Crippen LogP contribution in [0.2, 0.25) is 5.15 Å². The zero-order chi connectivity index (χ0) is 11.1. The van der Waals surface area contributed by atoms with Gasteiger partial charge in [0.15, 0.2) is 5.58 Å². The molecule has 0 bridgehead atoms. The molecule has 0 atom stereocenters. The van der Waals surface area contributed by atoms with Crippen LogP contribution in [0.1, 0.15) is 0 Å². The smallest absolute Gasteiger partial charge is 0.248 e. The Balaban J connectivity index is 2.18. The number of aromatic amines is 1. The highest BCUT2D eigenvalue weighted by Gasteiger charge is 2.11. The van der Waals surface area contributed by atoms with Gasteiger partial charge in [0, 0.05) is 12.1 Å². The first-order valence-electron chi connectivity index (χ1n) is 4.50. The van der Waals surface area contributed by atoms with Crippen molar-refractivity contribution < 1.29 is 8.81 Å². The van der Waals surface area contributed by atoms with Crippen LogP contribution in [0.3, 0.4) is 0 Å². The summed E-state index contributed by atoms with van der Waals surface area (Å²) in [5, 5.41) is 6.85. The Morgan fingerprint density at radius 2 is 2.19 bits per heavy atom. The predicted molar refractivity (Wildman–Crippen MR) is 56.6 cm³/mol. The Hall–Kier alpha value is -1.88. The molecule has 4 nitrogen and oxygen atoms in total. The van der Waals surface area contributed by atoms with E-state index in [4.69, 9.17) is 16.0 Å². The SMILES string of the molecule is Fc1ccc2nc(-c3cc(Cl)[nH]n3)oc2c1. The van der Waals surface area contributed by atoms with E-state index in [-0.39, 0.29) is 5.82 Å². The van der Waals surface area contributed by atoms with Crippen molar-refractivity contribution in [3.05, 3.63) is 35.2 Å². The number of aromatic nitrogens is 3. The number of rotatable bonds is 1. The number of hydrogen-bond donors (Lipinski definition) is 1. The van der Waals surface area contributed by atoms with Crippen LogP contribution < -0.4 is 0 Å². The monoisotopic (exact) mass is 237 g/mol. The van der Waals surface area contributed by atoms with Gasteiger partial charge in [-0.3, -0.25) is 5.10 Å². The van der Waals surface area contributed by atoms with Crippen LogP contribution in [0.5, 0.6) is 0 Å². The zero-order valence-corrected chi connectivity index (χ0v) is 8.62. The van der Waals surface area contributed by atoms with E-state index in [0.717, 1.165) is 0 Å². The summed E-state index contributed by atoms with van der Waals surface area (Å²) in [7, 11) is 0. The van der Waals surface area contributed by atoms with Crippen LogP contribution in [-0.2, 0) is 0 Å². The Labute approximate surface area is 94.1 Å². The van der Waals surface area contributed by atoms with Crippen molar-refractivity contribution in [1.82, 2.24) is 15.2 Å². The number of halogens is 2.